The highest BCUT2D eigenvalue weighted by molar-refractivity contribution is 8.13. The molecular formula is C19H28O4S2. The van der Waals surface area contributed by atoms with E-state index in [1.807, 2.05) is 37.3 Å². The van der Waals surface area contributed by atoms with Crippen molar-refractivity contribution in [3.8, 4) is 0 Å². The molecule has 1 heterocycles. The van der Waals surface area contributed by atoms with E-state index in [2.05, 4.69) is 0 Å². The SMILES string of the molecule is CCOC(=O)C[C@](O)(CCc1ccccc1)[C@]1(CC)SCCC[S@]1=O. The molecule has 0 radical (unpaired) electrons. The number of aryl methyl sites for hydroxylation is 1. The van der Waals surface area contributed by atoms with Gasteiger partial charge in [-0.15, -0.1) is 11.8 Å². The van der Waals surface area contributed by atoms with Crippen LogP contribution in [0.15, 0.2) is 30.3 Å². The van der Waals surface area contributed by atoms with Crippen molar-refractivity contribution in [1.29, 1.82) is 0 Å². The molecule has 6 heteroatoms. The van der Waals surface area contributed by atoms with Crippen molar-refractivity contribution in [2.75, 3.05) is 18.1 Å². The van der Waals surface area contributed by atoms with Gasteiger partial charge in [0.05, 0.1) is 13.0 Å². The van der Waals surface area contributed by atoms with Crippen molar-refractivity contribution >= 4 is 28.5 Å². The quantitative estimate of drug-likeness (QED) is 0.697. The van der Waals surface area contributed by atoms with Gasteiger partial charge in [0.2, 0.25) is 0 Å². The summed E-state index contributed by atoms with van der Waals surface area (Å²) in [5.74, 6) is 1.02. The molecule has 0 saturated carbocycles. The van der Waals surface area contributed by atoms with Gasteiger partial charge in [0.1, 0.15) is 9.68 Å². The number of carbonyl (C=O) groups excluding carboxylic acids is 1. The van der Waals surface area contributed by atoms with E-state index in [1.165, 1.54) is 0 Å². The Kier molecular flexibility index (Phi) is 7.52. The van der Waals surface area contributed by atoms with E-state index in [0.717, 1.165) is 17.7 Å². The van der Waals surface area contributed by atoms with Gasteiger partial charge in [0.15, 0.2) is 0 Å². The third kappa shape index (κ3) is 4.66. The summed E-state index contributed by atoms with van der Waals surface area (Å²) in [5, 5.41) is 11.6. The first kappa shape index (κ1) is 20.5. The summed E-state index contributed by atoms with van der Waals surface area (Å²) in [6.45, 7) is 3.99. The van der Waals surface area contributed by atoms with Crippen LogP contribution in [-0.2, 0) is 26.8 Å². The third-order valence-corrected chi connectivity index (χ3v) is 9.37. The van der Waals surface area contributed by atoms with Crippen LogP contribution in [0.2, 0.25) is 0 Å². The molecule has 2 rings (SSSR count). The van der Waals surface area contributed by atoms with Gasteiger partial charge in [-0.3, -0.25) is 9.00 Å². The average molecular weight is 385 g/mol. The molecule has 1 aliphatic rings. The highest BCUT2D eigenvalue weighted by Gasteiger charge is 2.55. The van der Waals surface area contributed by atoms with Crippen LogP contribution in [0.4, 0.5) is 0 Å². The van der Waals surface area contributed by atoms with Gasteiger partial charge < -0.3 is 9.84 Å². The van der Waals surface area contributed by atoms with Crippen LogP contribution in [0.3, 0.4) is 0 Å². The number of hydrogen-bond donors (Lipinski definition) is 1. The number of benzene rings is 1. The van der Waals surface area contributed by atoms with Crippen LogP contribution < -0.4 is 0 Å². The fourth-order valence-electron chi connectivity index (χ4n) is 3.46. The van der Waals surface area contributed by atoms with Gasteiger partial charge in [-0.2, -0.15) is 0 Å². The molecule has 1 N–H and O–H groups in total. The molecule has 0 spiro atoms. The maximum Gasteiger partial charge on any atom is 0.308 e. The van der Waals surface area contributed by atoms with Gasteiger partial charge in [-0.25, -0.2) is 0 Å². The molecule has 1 fully saturated rings. The Balaban J connectivity index is 2.29. The Morgan fingerprint density at radius 1 is 1.36 bits per heavy atom. The number of aliphatic hydroxyl groups is 1. The van der Waals surface area contributed by atoms with E-state index in [0.29, 0.717) is 25.0 Å². The van der Waals surface area contributed by atoms with Crippen molar-refractivity contribution in [3.05, 3.63) is 35.9 Å². The molecular weight excluding hydrogens is 356 g/mol. The number of ether oxygens (including phenoxy) is 1. The minimum Gasteiger partial charge on any atom is -0.466 e. The Bertz CT molecular complexity index is 592. The molecule has 1 aromatic rings. The van der Waals surface area contributed by atoms with Gasteiger partial charge in [-0.05, 0) is 43.9 Å². The largest absolute Gasteiger partial charge is 0.466 e. The normalized spacial score (nSPS) is 26.0. The van der Waals surface area contributed by atoms with Crippen molar-refractivity contribution < 1.29 is 18.8 Å². The first-order valence-electron chi connectivity index (χ1n) is 8.92. The van der Waals surface area contributed by atoms with Crippen molar-refractivity contribution in [2.24, 2.45) is 0 Å². The van der Waals surface area contributed by atoms with Gasteiger partial charge >= 0.3 is 5.97 Å². The predicted molar refractivity (Wildman–Crippen MR) is 104 cm³/mol. The molecule has 0 unspecified atom stereocenters. The van der Waals surface area contributed by atoms with E-state index in [9.17, 15) is 14.1 Å². The maximum absolute atomic E-state index is 12.9. The lowest BCUT2D eigenvalue weighted by molar-refractivity contribution is -0.149. The zero-order chi connectivity index (χ0) is 18.3. The molecule has 1 aromatic carbocycles. The van der Waals surface area contributed by atoms with Gasteiger partial charge in [0.25, 0.3) is 0 Å². The second-order valence-corrected chi connectivity index (χ2v) is 9.81. The zero-order valence-corrected chi connectivity index (χ0v) is 16.7. The van der Waals surface area contributed by atoms with Gasteiger partial charge in [-0.1, -0.05) is 37.3 Å². The Labute approximate surface area is 157 Å². The van der Waals surface area contributed by atoms with Gasteiger partial charge in [0, 0.05) is 16.6 Å². The molecule has 0 bridgehead atoms. The second kappa shape index (κ2) is 9.19. The summed E-state index contributed by atoms with van der Waals surface area (Å²) in [6.07, 6.45) is 2.36. The summed E-state index contributed by atoms with van der Waals surface area (Å²) >= 11 is 1.56. The van der Waals surface area contributed by atoms with Crippen LogP contribution in [0.5, 0.6) is 0 Å². The van der Waals surface area contributed by atoms with E-state index < -0.39 is 26.4 Å². The van der Waals surface area contributed by atoms with Crippen molar-refractivity contribution in [2.45, 2.75) is 55.6 Å². The summed E-state index contributed by atoms with van der Waals surface area (Å²) in [6, 6.07) is 9.89. The molecule has 0 aromatic heterocycles. The monoisotopic (exact) mass is 384 g/mol. The molecule has 4 nitrogen and oxygen atoms in total. The van der Waals surface area contributed by atoms with Crippen LogP contribution >= 0.6 is 11.8 Å². The Morgan fingerprint density at radius 2 is 2.08 bits per heavy atom. The minimum absolute atomic E-state index is 0.111. The van der Waals surface area contributed by atoms with Crippen LogP contribution in [0, 0.1) is 0 Å². The van der Waals surface area contributed by atoms with E-state index in [4.69, 9.17) is 4.74 Å². The lowest BCUT2D eigenvalue weighted by Gasteiger charge is -2.47. The Hall–Kier alpha value is -0.850. The summed E-state index contributed by atoms with van der Waals surface area (Å²) in [4.78, 5) is 12.2. The summed E-state index contributed by atoms with van der Waals surface area (Å²) in [7, 11) is -1.18. The molecule has 1 aliphatic heterocycles. The number of rotatable bonds is 8. The smallest absolute Gasteiger partial charge is 0.308 e. The standard InChI is InChI=1S/C19H28O4S2/c1-3-19(24-13-8-14-25(19)22)18(21,15-17(20)23-4-2)12-11-16-9-6-5-7-10-16/h5-7,9-10,21H,3-4,8,11-15H2,1-2H3/t18-,19-,25-/m1/s1. The highest BCUT2D eigenvalue weighted by atomic mass is 32.2. The topological polar surface area (TPSA) is 63.6 Å². The molecule has 1 saturated heterocycles. The number of esters is 1. The number of carbonyl (C=O) groups is 1. The van der Waals surface area contributed by atoms with E-state index in [-0.39, 0.29) is 13.0 Å². The average Bonchev–Trinajstić information content (AvgIpc) is 2.61. The number of thioether (sulfide) groups is 1. The van der Waals surface area contributed by atoms with Crippen LogP contribution in [0.1, 0.15) is 45.1 Å². The van der Waals surface area contributed by atoms with Crippen molar-refractivity contribution in [3.63, 3.8) is 0 Å². The van der Waals surface area contributed by atoms with E-state index >= 15 is 0 Å². The lowest BCUT2D eigenvalue weighted by atomic mass is 9.86. The first-order chi connectivity index (χ1) is 12.0. The van der Waals surface area contributed by atoms with Crippen LogP contribution in [0.25, 0.3) is 0 Å². The Morgan fingerprint density at radius 3 is 2.68 bits per heavy atom. The summed E-state index contributed by atoms with van der Waals surface area (Å²) < 4.78 is 17.2. The maximum atomic E-state index is 12.9. The molecule has 25 heavy (non-hydrogen) atoms. The predicted octanol–water partition coefficient (Wildman–Crippen LogP) is 3.30. The van der Waals surface area contributed by atoms with Crippen molar-refractivity contribution in [1.82, 2.24) is 0 Å². The third-order valence-electron chi connectivity index (χ3n) is 4.76. The minimum atomic E-state index is -1.35. The molecule has 140 valence electrons. The first-order valence-corrected chi connectivity index (χ1v) is 11.2. The molecule has 0 amide bonds. The van der Waals surface area contributed by atoms with E-state index in [1.54, 1.807) is 18.7 Å². The number of hydrogen-bond acceptors (Lipinski definition) is 5. The highest BCUT2D eigenvalue weighted by Crippen LogP contribution is 2.49. The zero-order valence-electron chi connectivity index (χ0n) is 15.0. The molecule has 3 atom stereocenters. The second-order valence-electron chi connectivity index (χ2n) is 6.36. The lowest BCUT2D eigenvalue weighted by Crippen LogP contribution is -2.57. The summed E-state index contributed by atoms with van der Waals surface area (Å²) in [5.41, 5.74) is -0.248. The molecule has 0 aliphatic carbocycles. The van der Waals surface area contributed by atoms with Crippen LogP contribution in [-0.4, -0.2) is 43.1 Å². The fourth-order valence-corrected chi connectivity index (χ4v) is 7.59. The fraction of sp³-hybridized carbons (Fsp3) is 0.632.